The monoisotopic (exact) mass is 328 g/mol. The zero-order chi connectivity index (χ0) is 14.9. The standard InChI is InChI=1S/C12H7F3N4S2/c13-12(14,15)11-17-9-4-2-1-3-8(9)10(18-11)20-6-7-5-16-19-21-7/h1-5H,6H2. The van der Waals surface area contributed by atoms with Crippen molar-refractivity contribution < 1.29 is 13.2 Å². The third-order valence-electron chi connectivity index (χ3n) is 2.58. The molecule has 0 amide bonds. The highest BCUT2D eigenvalue weighted by molar-refractivity contribution is 7.98. The van der Waals surface area contributed by atoms with Crippen LogP contribution in [-0.2, 0) is 11.9 Å². The minimum atomic E-state index is -4.56. The molecule has 0 aliphatic rings. The van der Waals surface area contributed by atoms with Gasteiger partial charge in [0.1, 0.15) is 5.03 Å². The number of benzene rings is 1. The lowest BCUT2D eigenvalue weighted by Crippen LogP contribution is -2.11. The average molecular weight is 328 g/mol. The summed E-state index contributed by atoms with van der Waals surface area (Å²) in [5.41, 5.74) is 0.282. The van der Waals surface area contributed by atoms with Gasteiger partial charge in [0.2, 0.25) is 5.82 Å². The molecule has 0 radical (unpaired) electrons. The van der Waals surface area contributed by atoms with Crippen LogP contribution >= 0.6 is 23.3 Å². The van der Waals surface area contributed by atoms with E-state index in [1.165, 1.54) is 23.3 Å². The van der Waals surface area contributed by atoms with Crippen molar-refractivity contribution in [3.8, 4) is 0 Å². The second-order valence-corrected chi connectivity index (χ2v) is 5.87. The summed E-state index contributed by atoms with van der Waals surface area (Å²) in [4.78, 5) is 8.11. The van der Waals surface area contributed by atoms with Gasteiger partial charge in [-0.15, -0.1) is 5.10 Å². The van der Waals surface area contributed by atoms with Crippen LogP contribution in [0.1, 0.15) is 10.7 Å². The lowest BCUT2D eigenvalue weighted by atomic mass is 10.2. The van der Waals surface area contributed by atoms with Crippen molar-refractivity contribution in [3.63, 3.8) is 0 Å². The summed E-state index contributed by atoms with van der Waals surface area (Å²) < 4.78 is 42.3. The first-order valence-electron chi connectivity index (χ1n) is 5.77. The SMILES string of the molecule is FC(F)(F)c1nc(SCc2cnns2)c2ccccc2n1. The number of aromatic nitrogens is 4. The Kier molecular flexibility index (Phi) is 3.77. The van der Waals surface area contributed by atoms with E-state index in [4.69, 9.17) is 0 Å². The summed E-state index contributed by atoms with van der Waals surface area (Å²) in [5, 5.41) is 4.61. The van der Waals surface area contributed by atoms with Crippen molar-refractivity contribution in [2.75, 3.05) is 0 Å². The van der Waals surface area contributed by atoms with E-state index in [-0.39, 0.29) is 5.52 Å². The number of nitrogens with zero attached hydrogens (tertiary/aromatic N) is 4. The lowest BCUT2D eigenvalue weighted by molar-refractivity contribution is -0.145. The number of hydrogen-bond donors (Lipinski definition) is 0. The van der Waals surface area contributed by atoms with E-state index in [1.807, 2.05) is 0 Å². The Morgan fingerprint density at radius 1 is 1.14 bits per heavy atom. The summed E-state index contributed by atoms with van der Waals surface area (Å²) >= 11 is 2.43. The Balaban J connectivity index is 2.02. The minimum Gasteiger partial charge on any atom is -0.224 e. The molecule has 3 aromatic rings. The molecule has 0 unspecified atom stereocenters. The van der Waals surface area contributed by atoms with Gasteiger partial charge in [0.05, 0.1) is 16.6 Å². The fourth-order valence-electron chi connectivity index (χ4n) is 1.67. The summed E-state index contributed by atoms with van der Waals surface area (Å²) in [5.74, 6) is -0.651. The quantitative estimate of drug-likeness (QED) is 0.541. The molecular weight excluding hydrogens is 321 g/mol. The van der Waals surface area contributed by atoms with Gasteiger partial charge in [0.15, 0.2) is 0 Å². The van der Waals surface area contributed by atoms with Crippen LogP contribution < -0.4 is 0 Å². The Labute approximate surface area is 125 Å². The van der Waals surface area contributed by atoms with Crippen LogP contribution in [0.25, 0.3) is 10.9 Å². The zero-order valence-electron chi connectivity index (χ0n) is 10.3. The molecule has 2 heterocycles. The third kappa shape index (κ3) is 3.13. The third-order valence-corrected chi connectivity index (χ3v) is 4.46. The second-order valence-electron chi connectivity index (χ2n) is 4.04. The van der Waals surface area contributed by atoms with Crippen LogP contribution in [0.5, 0.6) is 0 Å². The molecule has 0 fully saturated rings. The summed E-state index contributed by atoms with van der Waals surface area (Å²) in [6, 6.07) is 6.65. The zero-order valence-corrected chi connectivity index (χ0v) is 12.0. The molecule has 0 aliphatic carbocycles. The maximum absolute atomic E-state index is 12.9. The average Bonchev–Trinajstić information content (AvgIpc) is 2.96. The molecular formula is C12H7F3N4S2. The van der Waals surface area contributed by atoms with Crippen molar-refractivity contribution in [3.05, 3.63) is 41.2 Å². The largest absolute Gasteiger partial charge is 0.451 e. The fraction of sp³-hybridized carbons (Fsp3) is 0.167. The normalized spacial score (nSPS) is 12.0. The molecule has 3 rings (SSSR count). The highest BCUT2D eigenvalue weighted by atomic mass is 32.2. The van der Waals surface area contributed by atoms with Crippen molar-refractivity contribution in [1.29, 1.82) is 0 Å². The van der Waals surface area contributed by atoms with Gasteiger partial charge in [-0.25, -0.2) is 9.97 Å². The fourth-order valence-corrected chi connectivity index (χ4v) is 3.19. The van der Waals surface area contributed by atoms with Crippen LogP contribution in [0, 0.1) is 0 Å². The maximum atomic E-state index is 12.9. The first-order valence-corrected chi connectivity index (χ1v) is 7.53. The predicted octanol–water partition coefficient (Wildman–Crippen LogP) is 3.79. The Hall–Kier alpha value is -1.74. The van der Waals surface area contributed by atoms with Gasteiger partial charge in [0, 0.05) is 11.1 Å². The van der Waals surface area contributed by atoms with E-state index < -0.39 is 12.0 Å². The number of hydrogen-bond acceptors (Lipinski definition) is 6. The molecule has 0 spiro atoms. The van der Waals surface area contributed by atoms with Gasteiger partial charge >= 0.3 is 6.18 Å². The molecule has 0 saturated carbocycles. The van der Waals surface area contributed by atoms with E-state index in [2.05, 4.69) is 19.6 Å². The number of para-hydroxylation sites is 1. The van der Waals surface area contributed by atoms with E-state index in [0.29, 0.717) is 16.2 Å². The molecule has 0 aliphatic heterocycles. The molecule has 4 nitrogen and oxygen atoms in total. The number of rotatable bonds is 3. The molecule has 108 valence electrons. The van der Waals surface area contributed by atoms with Crippen LogP contribution in [0.3, 0.4) is 0 Å². The molecule has 9 heteroatoms. The van der Waals surface area contributed by atoms with Gasteiger partial charge in [-0.1, -0.05) is 34.4 Å². The van der Waals surface area contributed by atoms with Crippen molar-refractivity contribution >= 4 is 34.2 Å². The van der Waals surface area contributed by atoms with Crippen LogP contribution in [0.15, 0.2) is 35.5 Å². The summed E-state index contributed by atoms with van der Waals surface area (Å²) in [6.45, 7) is 0. The first kappa shape index (κ1) is 14.2. The van der Waals surface area contributed by atoms with Gasteiger partial charge in [0.25, 0.3) is 0 Å². The molecule has 0 bridgehead atoms. The van der Waals surface area contributed by atoms with Crippen LogP contribution in [-0.4, -0.2) is 19.6 Å². The molecule has 0 atom stereocenters. The van der Waals surface area contributed by atoms with Crippen molar-refractivity contribution in [2.24, 2.45) is 0 Å². The maximum Gasteiger partial charge on any atom is 0.451 e. The predicted molar refractivity (Wildman–Crippen MR) is 74.0 cm³/mol. The van der Waals surface area contributed by atoms with E-state index in [1.54, 1.807) is 30.5 Å². The van der Waals surface area contributed by atoms with Crippen LogP contribution in [0.4, 0.5) is 13.2 Å². The van der Waals surface area contributed by atoms with Crippen molar-refractivity contribution in [2.45, 2.75) is 17.0 Å². The molecule has 1 aromatic carbocycles. The van der Waals surface area contributed by atoms with Crippen molar-refractivity contribution in [1.82, 2.24) is 19.6 Å². The summed E-state index contributed by atoms with van der Waals surface area (Å²) in [7, 11) is 0. The van der Waals surface area contributed by atoms with Gasteiger partial charge < -0.3 is 0 Å². The highest BCUT2D eigenvalue weighted by Crippen LogP contribution is 2.33. The van der Waals surface area contributed by atoms with Gasteiger partial charge in [-0.05, 0) is 17.6 Å². The van der Waals surface area contributed by atoms with E-state index in [9.17, 15) is 13.2 Å². The Morgan fingerprint density at radius 2 is 1.95 bits per heavy atom. The summed E-state index contributed by atoms with van der Waals surface area (Å²) in [6.07, 6.45) is -2.98. The van der Waals surface area contributed by atoms with Gasteiger partial charge in [-0.3, -0.25) is 0 Å². The second kappa shape index (κ2) is 5.57. The molecule has 0 N–H and O–H groups in total. The number of halogens is 3. The van der Waals surface area contributed by atoms with Crippen LogP contribution in [0.2, 0.25) is 0 Å². The van der Waals surface area contributed by atoms with Gasteiger partial charge in [-0.2, -0.15) is 13.2 Å². The number of thioether (sulfide) groups is 1. The van der Waals surface area contributed by atoms with E-state index >= 15 is 0 Å². The number of fused-ring (bicyclic) bond motifs is 1. The topological polar surface area (TPSA) is 51.6 Å². The highest BCUT2D eigenvalue weighted by Gasteiger charge is 2.35. The van der Waals surface area contributed by atoms with E-state index in [0.717, 1.165) is 4.88 Å². The Bertz CT molecular complexity index is 759. The molecule has 21 heavy (non-hydrogen) atoms. The molecule has 2 aromatic heterocycles. The smallest absolute Gasteiger partial charge is 0.224 e. The number of alkyl halides is 3. The molecule has 0 saturated heterocycles. The lowest BCUT2D eigenvalue weighted by Gasteiger charge is -2.09. The Morgan fingerprint density at radius 3 is 2.67 bits per heavy atom. The minimum absolute atomic E-state index is 0.282. The first-order chi connectivity index (χ1) is 10.0.